The fourth-order valence-corrected chi connectivity index (χ4v) is 5.77. The van der Waals surface area contributed by atoms with Crippen molar-refractivity contribution in [1.82, 2.24) is 19.9 Å². The van der Waals surface area contributed by atoms with Gasteiger partial charge in [-0.05, 0) is 39.8 Å². The van der Waals surface area contributed by atoms with Crippen LogP contribution in [0.5, 0.6) is 11.5 Å². The molecule has 0 aliphatic rings. The van der Waals surface area contributed by atoms with E-state index in [1.807, 2.05) is 0 Å². The number of halogens is 3. The molecule has 0 saturated heterocycles. The van der Waals surface area contributed by atoms with Crippen molar-refractivity contribution < 1.29 is 18.2 Å². The second kappa shape index (κ2) is 9.20. The number of nitro groups is 1. The van der Waals surface area contributed by atoms with Gasteiger partial charge in [0.2, 0.25) is 4.20 Å². The van der Waals surface area contributed by atoms with E-state index < -0.39 is 11.9 Å². The van der Waals surface area contributed by atoms with Crippen LogP contribution < -0.4 is 20.5 Å². The number of benzene rings is 1. The number of H-pyrrole nitrogens is 1. The molecule has 11 nitrogen and oxygen atoms in total. The number of nitrogens with zero attached hydrogens (tertiary/aromatic N) is 4. The minimum Gasteiger partial charge on any atom is -0.493 e. The van der Waals surface area contributed by atoms with Crippen LogP contribution in [-0.2, 0) is 4.20 Å². The van der Waals surface area contributed by atoms with Crippen molar-refractivity contribution in [1.29, 1.82) is 0 Å². The molecule has 16 heteroatoms. The topological polar surface area (TPSA) is 154 Å². The summed E-state index contributed by atoms with van der Waals surface area (Å²) in [5.41, 5.74) is 7.11. The van der Waals surface area contributed by atoms with Crippen molar-refractivity contribution in [3.63, 3.8) is 0 Å². The van der Waals surface area contributed by atoms with Gasteiger partial charge >= 0.3 is 0 Å². The van der Waals surface area contributed by atoms with Gasteiger partial charge in [0.15, 0.2) is 28.8 Å². The Morgan fingerprint density at radius 2 is 2.13 bits per heavy atom. The number of fused-ring (bicyclic) bond motifs is 1. The average molecular weight is 555 g/mol. The van der Waals surface area contributed by atoms with Gasteiger partial charge < -0.3 is 19.8 Å². The quantitative estimate of drug-likeness (QED) is 0.115. The highest BCUT2D eigenvalue weighted by atomic mass is 79.9. The fraction of sp³-hybridized carbons (Fsp3) is 0.267. The Morgan fingerprint density at radius 3 is 2.74 bits per heavy atom. The molecule has 0 aliphatic carbocycles. The number of para-hydroxylation sites is 1. The van der Waals surface area contributed by atoms with E-state index in [0.717, 1.165) is 0 Å². The first-order valence-electron chi connectivity index (χ1n) is 8.15. The molecule has 1 aromatic carbocycles. The van der Waals surface area contributed by atoms with Crippen molar-refractivity contribution in [3.8, 4) is 11.5 Å². The predicted octanol–water partition coefficient (Wildman–Crippen LogP) is 4.06. The lowest BCUT2D eigenvalue weighted by Crippen LogP contribution is -2.35. The van der Waals surface area contributed by atoms with Crippen LogP contribution >= 0.6 is 51.2 Å². The number of rotatable bonds is 9. The van der Waals surface area contributed by atoms with E-state index in [1.165, 1.54) is 20.5 Å². The summed E-state index contributed by atoms with van der Waals surface area (Å²) in [5, 5.41) is 14.2. The van der Waals surface area contributed by atoms with Crippen LogP contribution in [0, 0.1) is 10.1 Å². The maximum absolute atomic E-state index is 14.1. The molecule has 0 aliphatic heterocycles. The molecule has 2 atom stereocenters. The van der Waals surface area contributed by atoms with Crippen LogP contribution in [0.2, 0.25) is 0 Å². The lowest BCUT2D eigenvalue weighted by Gasteiger charge is -2.24. The smallest absolute Gasteiger partial charge is 0.287 e. The number of thioether (sulfide) groups is 1. The van der Waals surface area contributed by atoms with E-state index in [0.29, 0.717) is 22.7 Å². The molecule has 0 spiro atoms. The van der Waals surface area contributed by atoms with Crippen LogP contribution in [0.25, 0.3) is 11.2 Å². The largest absolute Gasteiger partial charge is 0.493 e. The van der Waals surface area contributed by atoms with Crippen LogP contribution in [0.3, 0.4) is 0 Å². The zero-order valence-corrected chi connectivity index (χ0v) is 19.7. The summed E-state index contributed by atoms with van der Waals surface area (Å²) in [7, 11) is 2.95. The monoisotopic (exact) mass is 553 g/mol. The second-order valence-corrected chi connectivity index (χ2v) is 11.3. The highest BCUT2D eigenvalue weighted by Gasteiger charge is 2.48. The highest BCUT2D eigenvalue weighted by molar-refractivity contribution is 9.12. The average Bonchev–Trinajstić information content (AvgIpc) is 3.14. The van der Waals surface area contributed by atoms with E-state index in [9.17, 15) is 14.5 Å². The van der Waals surface area contributed by atoms with E-state index in [2.05, 4.69) is 41.2 Å². The Bertz CT molecular complexity index is 1120. The molecule has 2 unspecified atom stereocenters. The number of hydrogen-bond donors (Lipinski definition) is 3. The second-order valence-electron chi connectivity index (χ2n) is 5.69. The molecule has 2 heterocycles. The molecule has 4 N–H and O–H groups in total. The van der Waals surface area contributed by atoms with Crippen LogP contribution in [0.4, 0.5) is 15.9 Å². The van der Waals surface area contributed by atoms with Gasteiger partial charge in [0.05, 0.1) is 26.2 Å². The number of anilines is 2. The van der Waals surface area contributed by atoms with Crippen LogP contribution in [0.15, 0.2) is 24.5 Å². The van der Waals surface area contributed by atoms with E-state index >= 15 is 0 Å². The van der Waals surface area contributed by atoms with Gasteiger partial charge in [0, 0.05) is 0 Å². The third-order valence-electron chi connectivity index (χ3n) is 3.73. The molecule has 0 bridgehead atoms. The summed E-state index contributed by atoms with van der Waals surface area (Å²) < 4.78 is 19.3. The molecular weight excluding hydrogens is 541 g/mol. The summed E-state index contributed by atoms with van der Waals surface area (Å²) in [5.74, 6) is 0.719. The SMILES string of the molecule is COc1cccc(Nc2nc(C(N)(S[N+](=O)[O-])SC(F)(Cl)Br)nc3nc[nH]c23)c1OC. The van der Waals surface area contributed by atoms with Gasteiger partial charge in [-0.25, -0.2) is 19.3 Å². The van der Waals surface area contributed by atoms with E-state index in [4.69, 9.17) is 26.8 Å². The Kier molecular flexibility index (Phi) is 7.00. The Balaban J connectivity index is 2.14. The lowest BCUT2D eigenvalue weighted by molar-refractivity contribution is -0.285. The summed E-state index contributed by atoms with van der Waals surface area (Å²) in [6.45, 7) is 0. The maximum atomic E-state index is 14.1. The van der Waals surface area contributed by atoms with Gasteiger partial charge in [-0.1, -0.05) is 17.7 Å². The van der Waals surface area contributed by atoms with Gasteiger partial charge in [0.1, 0.15) is 9.85 Å². The zero-order valence-electron chi connectivity index (χ0n) is 15.8. The minimum absolute atomic E-state index is 0.00521. The molecule has 0 radical (unpaired) electrons. The number of hydrogen-bond acceptors (Lipinski definition) is 11. The Hall–Kier alpha value is -2.07. The zero-order chi connectivity index (χ0) is 22.8. The predicted molar refractivity (Wildman–Crippen MR) is 121 cm³/mol. The van der Waals surface area contributed by atoms with E-state index in [-0.39, 0.29) is 41.0 Å². The number of nitrogens with two attached hydrogens (primary N) is 1. The standard InChI is InChI=1S/C15H14BrClFN7O4S2/c1-28-8-5-3-4-7(10(8)29-2)22-12-9-11(21-6-20-9)23-13(24-12)14(19,31-25(26)27)30-15(16,17)18/h3-6H,19H2,1-2H3,(H2,20,21,22,23,24). The normalized spacial score (nSPS) is 15.2. The molecular formula is C15H14BrClFN7O4S2. The first kappa shape index (κ1) is 23.6. The third-order valence-corrected chi connectivity index (χ3v) is 6.24. The fourth-order valence-electron chi connectivity index (χ4n) is 2.58. The molecule has 2 aromatic heterocycles. The molecule has 166 valence electrons. The number of aromatic amines is 1. The van der Waals surface area contributed by atoms with Gasteiger partial charge in [-0.15, -0.1) is 0 Å². The van der Waals surface area contributed by atoms with E-state index in [1.54, 1.807) is 18.2 Å². The first-order valence-corrected chi connectivity index (χ1v) is 10.9. The number of nitrogens with one attached hydrogen (secondary N) is 2. The number of aromatic nitrogens is 4. The Labute approximate surface area is 196 Å². The lowest BCUT2D eigenvalue weighted by atomic mass is 10.2. The minimum atomic E-state index is -2.61. The first-order chi connectivity index (χ1) is 14.6. The van der Waals surface area contributed by atoms with Gasteiger partial charge in [-0.3, -0.25) is 15.8 Å². The molecule has 0 amide bonds. The molecule has 3 aromatic rings. The van der Waals surface area contributed by atoms with Crippen LogP contribution in [-0.4, -0.2) is 41.9 Å². The van der Waals surface area contributed by atoms with Crippen molar-refractivity contribution in [2.24, 2.45) is 5.73 Å². The number of ether oxygens (including phenoxy) is 2. The van der Waals surface area contributed by atoms with Crippen molar-refractivity contribution >= 4 is 73.9 Å². The summed E-state index contributed by atoms with van der Waals surface area (Å²) in [6.07, 6.45) is 1.36. The number of alkyl halides is 3. The Morgan fingerprint density at radius 1 is 1.39 bits per heavy atom. The summed E-state index contributed by atoms with van der Waals surface area (Å²) in [4.78, 5) is 26.6. The molecule has 0 saturated carbocycles. The highest BCUT2D eigenvalue weighted by Crippen LogP contribution is 2.52. The number of imidazole rings is 1. The van der Waals surface area contributed by atoms with Gasteiger partial charge in [0.25, 0.3) is 15.3 Å². The molecule has 0 fully saturated rings. The summed E-state index contributed by atoms with van der Waals surface area (Å²) >= 11 is 8.34. The van der Waals surface area contributed by atoms with Crippen molar-refractivity contribution in [2.45, 2.75) is 7.57 Å². The summed E-state index contributed by atoms with van der Waals surface area (Å²) in [6, 6.07) is 5.12. The third kappa shape index (κ3) is 5.41. The maximum Gasteiger partial charge on any atom is 0.287 e. The molecule has 3 rings (SSSR count). The van der Waals surface area contributed by atoms with Crippen molar-refractivity contribution in [2.75, 3.05) is 19.5 Å². The van der Waals surface area contributed by atoms with Crippen LogP contribution in [0.1, 0.15) is 5.82 Å². The molecule has 31 heavy (non-hydrogen) atoms. The van der Waals surface area contributed by atoms with Crippen molar-refractivity contribution in [3.05, 3.63) is 40.5 Å². The number of methoxy groups -OCH3 is 2. The van der Waals surface area contributed by atoms with Gasteiger partial charge in [-0.2, -0.15) is 0 Å².